The van der Waals surface area contributed by atoms with E-state index >= 15 is 0 Å². The summed E-state index contributed by atoms with van der Waals surface area (Å²) in [7, 11) is 0. The molecule has 3 aromatic rings. The Balaban J connectivity index is 2.58. The van der Waals surface area contributed by atoms with E-state index in [-0.39, 0.29) is 0 Å². The molecule has 1 nitrogen and oxygen atoms in total. The van der Waals surface area contributed by atoms with Crippen LogP contribution in [0.4, 0.5) is 0 Å². The van der Waals surface area contributed by atoms with Crippen LogP contribution in [-0.4, -0.2) is 22.3 Å². The van der Waals surface area contributed by atoms with Crippen molar-refractivity contribution < 1.29 is 0 Å². The molecule has 1 aromatic heterocycles. The van der Waals surface area contributed by atoms with Gasteiger partial charge in [-0.15, -0.1) is 0 Å². The van der Waals surface area contributed by atoms with Gasteiger partial charge in [-0.3, -0.25) is 0 Å². The minimum atomic E-state index is 1.02. The molecule has 0 aliphatic rings. The SMILES string of the molecule is [Li][c]1ccc2c3ccccc3n(CC)c2c1. The number of hydrogen-bond donors (Lipinski definition) is 0. The molecule has 0 saturated heterocycles. The van der Waals surface area contributed by atoms with Crippen molar-refractivity contribution in [3.63, 3.8) is 0 Å². The van der Waals surface area contributed by atoms with E-state index in [2.05, 4.69) is 71.7 Å². The third kappa shape index (κ3) is 1.33. The Bertz CT molecular complexity index is 667. The summed E-state index contributed by atoms with van der Waals surface area (Å²) in [4.78, 5) is 0. The molecular weight excluding hydrogens is 189 g/mol. The van der Waals surface area contributed by atoms with Crippen molar-refractivity contribution in [3.8, 4) is 0 Å². The average molecular weight is 201 g/mol. The second-order valence-corrected chi connectivity index (χ2v) is 4.28. The number of para-hydroxylation sites is 1. The van der Waals surface area contributed by atoms with Crippen molar-refractivity contribution in [2.45, 2.75) is 13.5 Å². The molecule has 0 spiro atoms. The van der Waals surface area contributed by atoms with Gasteiger partial charge in [-0.05, 0) is 0 Å². The van der Waals surface area contributed by atoms with Crippen molar-refractivity contribution in [1.29, 1.82) is 0 Å². The molecule has 74 valence electrons. The van der Waals surface area contributed by atoms with Gasteiger partial charge in [0.2, 0.25) is 0 Å². The fourth-order valence-corrected chi connectivity index (χ4v) is 2.50. The number of aromatic nitrogens is 1. The second-order valence-electron chi connectivity index (χ2n) is 4.28. The molecule has 2 aromatic carbocycles. The minimum absolute atomic E-state index is 1.02. The summed E-state index contributed by atoms with van der Waals surface area (Å²) in [5.74, 6) is 0. The Morgan fingerprint density at radius 1 is 1.00 bits per heavy atom. The van der Waals surface area contributed by atoms with E-state index in [1.165, 1.54) is 26.0 Å². The number of nitrogens with zero attached hydrogens (tertiary/aromatic N) is 1. The van der Waals surface area contributed by atoms with Crippen molar-refractivity contribution in [3.05, 3.63) is 42.5 Å². The van der Waals surface area contributed by atoms with Gasteiger partial charge in [0.05, 0.1) is 0 Å². The number of rotatable bonds is 1. The predicted molar refractivity (Wildman–Crippen MR) is 70.5 cm³/mol. The van der Waals surface area contributed by atoms with E-state index in [0.717, 1.165) is 6.54 Å². The fourth-order valence-electron chi connectivity index (χ4n) is 2.50. The molecule has 0 saturated carbocycles. The van der Waals surface area contributed by atoms with E-state index in [1.54, 1.807) is 0 Å². The van der Waals surface area contributed by atoms with Gasteiger partial charge in [0.15, 0.2) is 0 Å². The standard InChI is InChI=1S/C14H12N.Li/c1-2-15-13-9-5-3-7-11(13)12-8-4-6-10-14(12)15;/h3-5,7-10H,2H2,1H3;. The molecule has 0 fully saturated rings. The van der Waals surface area contributed by atoms with Crippen LogP contribution in [0.5, 0.6) is 0 Å². The van der Waals surface area contributed by atoms with Crippen molar-refractivity contribution >= 4 is 43.8 Å². The molecule has 0 aliphatic heterocycles. The molecule has 2 heteroatoms. The zero-order valence-corrected chi connectivity index (χ0v) is 9.70. The maximum absolute atomic E-state index is 2.39. The Hall–Kier alpha value is -1.16. The average Bonchev–Trinajstić information content (AvgIpc) is 2.61. The quantitative estimate of drug-likeness (QED) is 0.533. The molecule has 0 radical (unpaired) electrons. The Labute approximate surface area is 104 Å². The second kappa shape index (κ2) is 3.70. The Morgan fingerprint density at radius 2 is 1.75 bits per heavy atom. The van der Waals surface area contributed by atoms with Gasteiger partial charge in [-0.1, -0.05) is 0 Å². The van der Waals surface area contributed by atoms with Gasteiger partial charge in [0.1, 0.15) is 0 Å². The fraction of sp³-hybridized carbons (Fsp3) is 0.143. The summed E-state index contributed by atoms with van der Waals surface area (Å²) >= 11 is 2.15. The van der Waals surface area contributed by atoms with E-state index in [4.69, 9.17) is 0 Å². The zero-order chi connectivity index (χ0) is 11.1. The van der Waals surface area contributed by atoms with Crippen molar-refractivity contribution in [1.82, 2.24) is 4.57 Å². The summed E-state index contributed by atoms with van der Waals surface area (Å²) in [6, 6.07) is 15.3. The van der Waals surface area contributed by atoms with Gasteiger partial charge in [0, 0.05) is 0 Å². The van der Waals surface area contributed by atoms with Gasteiger partial charge in [0.25, 0.3) is 0 Å². The van der Waals surface area contributed by atoms with E-state index in [1.807, 2.05) is 0 Å². The summed E-state index contributed by atoms with van der Waals surface area (Å²) in [5, 5.41) is 2.72. The third-order valence-corrected chi connectivity index (χ3v) is 3.25. The maximum atomic E-state index is 2.39. The van der Waals surface area contributed by atoms with Crippen LogP contribution in [0.25, 0.3) is 21.8 Å². The van der Waals surface area contributed by atoms with Crippen molar-refractivity contribution in [2.24, 2.45) is 0 Å². The van der Waals surface area contributed by atoms with E-state index in [9.17, 15) is 0 Å². The molecule has 0 amide bonds. The van der Waals surface area contributed by atoms with Crippen LogP contribution < -0.4 is 4.24 Å². The van der Waals surface area contributed by atoms with Crippen LogP contribution in [0, 0.1) is 0 Å². The van der Waals surface area contributed by atoms with Crippen LogP contribution in [-0.2, 0) is 6.54 Å². The van der Waals surface area contributed by atoms with Crippen LogP contribution in [0.3, 0.4) is 0 Å². The molecule has 1 heterocycles. The first-order valence-electron chi connectivity index (χ1n) is 5.79. The summed E-state index contributed by atoms with van der Waals surface area (Å²) in [5.41, 5.74) is 2.69. The molecule has 3 rings (SSSR count). The first-order valence-corrected chi connectivity index (χ1v) is 5.79. The predicted octanol–water partition coefficient (Wildman–Crippen LogP) is 2.61. The normalized spacial score (nSPS) is 11.4. The summed E-state index contributed by atoms with van der Waals surface area (Å²) < 4.78 is 3.71. The molecule has 0 unspecified atom stereocenters. The monoisotopic (exact) mass is 201 g/mol. The molecule has 16 heavy (non-hydrogen) atoms. The number of benzene rings is 2. The summed E-state index contributed by atoms with van der Waals surface area (Å²) in [6.45, 7) is 3.22. The molecule has 0 atom stereocenters. The van der Waals surface area contributed by atoms with Crippen LogP contribution >= 0.6 is 0 Å². The first kappa shape index (κ1) is 10.0. The van der Waals surface area contributed by atoms with Gasteiger partial charge in [-0.2, -0.15) is 0 Å². The van der Waals surface area contributed by atoms with Gasteiger partial charge in [-0.25, -0.2) is 0 Å². The van der Waals surface area contributed by atoms with Crippen LogP contribution in [0.2, 0.25) is 0 Å². The van der Waals surface area contributed by atoms with Crippen LogP contribution in [0.15, 0.2) is 42.5 Å². The van der Waals surface area contributed by atoms with E-state index < -0.39 is 0 Å². The molecule has 0 N–H and O–H groups in total. The zero-order valence-electron chi connectivity index (χ0n) is 9.70. The number of hydrogen-bond acceptors (Lipinski definition) is 0. The molecular formula is C14H12LiN. The van der Waals surface area contributed by atoms with Crippen LogP contribution in [0.1, 0.15) is 6.92 Å². The summed E-state index contributed by atoms with van der Waals surface area (Å²) in [6.07, 6.45) is 0. The third-order valence-electron chi connectivity index (χ3n) is 3.25. The van der Waals surface area contributed by atoms with E-state index in [0.29, 0.717) is 0 Å². The Morgan fingerprint density at radius 3 is 2.56 bits per heavy atom. The number of aryl methyl sites for hydroxylation is 1. The number of fused-ring (bicyclic) bond motifs is 3. The first-order chi connectivity index (χ1) is 7.81. The van der Waals surface area contributed by atoms with Crippen molar-refractivity contribution in [2.75, 3.05) is 0 Å². The van der Waals surface area contributed by atoms with Gasteiger partial charge >= 0.3 is 104 Å². The molecule has 0 aliphatic carbocycles. The Kier molecular flexibility index (Phi) is 2.32. The molecule has 0 bridgehead atoms. The topological polar surface area (TPSA) is 4.93 Å². The van der Waals surface area contributed by atoms with Gasteiger partial charge < -0.3 is 0 Å².